The van der Waals surface area contributed by atoms with Gasteiger partial charge in [-0.15, -0.1) is 0 Å². The predicted octanol–water partition coefficient (Wildman–Crippen LogP) is 7.17. The van der Waals surface area contributed by atoms with Gasteiger partial charge in [0.15, 0.2) is 0 Å². The van der Waals surface area contributed by atoms with E-state index in [1.54, 1.807) is 65.2 Å². The Hall–Kier alpha value is -0.530. The molecule has 0 amide bonds. The Kier molecular flexibility index (Phi) is 6.33. The van der Waals surface area contributed by atoms with E-state index in [2.05, 4.69) is 20.8 Å². The van der Waals surface area contributed by atoms with Crippen LogP contribution in [-0.4, -0.2) is 11.1 Å². The molecule has 0 radical (unpaired) electrons. The normalized spacial score (nSPS) is 45.9. The molecule has 0 spiro atoms. The Balaban J connectivity index is 0.000000307. The molecule has 7 atom stereocenters. The zero-order chi connectivity index (χ0) is 19.8. The van der Waals surface area contributed by atoms with Crippen molar-refractivity contribution in [2.75, 3.05) is 0 Å². The fraction of sp³-hybridized carbons (Fsp3) is 0.960. The zero-order valence-electron chi connectivity index (χ0n) is 18.6. The molecule has 0 heterocycles. The predicted molar refractivity (Wildman–Crippen MR) is 113 cm³/mol. The van der Waals surface area contributed by atoms with Gasteiger partial charge in [0.2, 0.25) is 0 Å². The van der Waals surface area contributed by atoms with Gasteiger partial charge in [0, 0.05) is 0 Å². The number of rotatable bonds is 2. The highest BCUT2D eigenvalue weighted by molar-refractivity contribution is 5.68. The van der Waals surface area contributed by atoms with Crippen molar-refractivity contribution in [2.24, 2.45) is 46.3 Å². The van der Waals surface area contributed by atoms with Crippen LogP contribution in [0.15, 0.2) is 0 Å². The number of hydrogen-bond acceptors (Lipinski definition) is 1. The molecule has 2 heteroatoms. The van der Waals surface area contributed by atoms with Crippen molar-refractivity contribution >= 4 is 5.97 Å². The average molecular weight is 377 g/mol. The highest BCUT2D eigenvalue weighted by Crippen LogP contribution is 2.67. The van der Waals surface area contributed by atoms with Crippen LogP contribution in [0.1, 0.15) is 105 Å². The third kappa shape index (κ3) is 3.71. The summed E-state index contributed by atoms with van der Waals surface area (Å²) in [5, 5.41) is 7.99. The van der Waals surface area contributed by atoms with Crippen LogP contribution < -0.4 is 0 Å². The largest absolute Gasteiger partial charge is 0.481 e. The molecule has 2 nitrogen and oxygen atoms in total. The molecule has 4 aliphatic rings. The van der Waals surface area contributed by atoms with Gasteiger partial charge in [-0.1, -0.05) is 53.9 Å². The minimum absolute atomic E-state index is 0.231. The number of carbonyl (C=O) groups is 1. The molecule has 0 aromatic rings. The summed E-state index contributed by atoms with van der Waals surface area (Å²) in [7, 11) is 0. The van der Waals surface area contributed by atoms with E-state index >= 15 is 0 Å². The summed E-state index contributed by atoms with van der Waals surface area (Å²) in [6.45, 7) is 11.1. The van der Waals surface area contributed by atoms with Crippen molar-refractivity contribution in [3.63, 3.8) is 0 Å². The summed E-state index contributed by atoms with van der Waals surface area (Å²) in [5.41, 5.74) is 1.45. The summed E-state index contributed by atoms with van der Waals surface area (Å²) in [4.78, 5) is 9.70. The number of aliphatic carboxylic acids is 1. The standard InChI is InChI=1S/C21H36.C4H8O2/c1-4-15-9-11-18-17-10-8-16-7-5-6-13-20(16,2)19(17)12-14-21(15,18)3;1-3(2)4(5)6/h15-19H,4-14H2,1-3H3;3H,1-2H3,(H,5,6)/t15-,16?,17-,18-,19-,20-,21+;/m0./s1. The lowest BCUT2D eigenvalue weighted by Gasteiger charge is -2.60. The van der Waals surface area contributed by atoms with Crippen molar-refractivity contribution in [1.29, 1.82) is 0 Å². The molecule has 1 N–H and O–H groups in total. The monoisotopic (exact) mass is 376 g/mol. The molecule has 4 rings (SSSR count). The second kappa shape index (κ2) is 8.07. The van der Waals surface area contributed by atoms with Crippen molar-refractivity contribution in [3.05, 3.63) is 0 Å². The van der Waals surface area contributed by atoms with Gasteiger partial charge in [-0.2, -0.15) is 0 Å². The maximum atomic E-state index is 9.70. The highest BCUT2D eigenvalue weighted by Gasteiger charge is 2.59. The van der Waals surface area contributed by atoms with E-state index in [9.17, 15) is 4.79 Å². The van der Waals surface area contributed by atoms with Crippen molar-refractivity contribution < 1.29 is 9.90 Å². The molecule has 156 valence electrons. The van der Waals surface area contributed by atoms with Gasteiger partial charge in [-0.3, -0.25) is 4.79 Å². The van der Waals surface area contributed by atoms with Crippen LogP contribution in [0, 0.1) is 46.3 Å². The van der Waals surface area contributed by atoms with Crippen LogP contribution in [0.3, 0.4) is 0 Å². The summed E-state index contributed by atoms with van der Waals surface area (Å²) >= 11 is 0. The maximum Gasteiger partial charge on any atom is 0.305 e. The van der Waals surface area contributed by atoms with E-state index in [4.69, 9.17) is 5.11 Å². The Morgan fingerprint density at radius 1 is 0.926 bits per heavy atom. The van der Waals surface area contributed by atoms with Gasteiger partial charge in [0.05, 0.1) is 5.92 Å². The van der Waals surface area contributed by atoms with Crippen molar-refractivity contribution in [2.45, 2.75) is 105 Å². The first-order chi connectivity index (χ1) is 12.7. The highest BCUT2D eigenvalue weighted by atomic mass is 16.4. The summed E-state index contributed by atoms with van der Waals surface area (Å²) < 4.78 is 0. The Morgan fingerprint density at radius 2 is 1.59 bits per heavy atom. The van der Waals surface area contributed by atoms with E-state index in [1.165, 1.54) is 19.3 Å². The van der Waals surface area contributed by atoms with E-state index in [-0.39, 0.29) is 5.92 Å². The average Bonchev–Trinajstić information content (AvgIpc) is 2.98. The van der Waals surface area contributed by atoms with E-state index in [0.717, 1.165) is 35.0 Å². The van der Waals surface area contributed by atoms with Crippen LogP contribution in [0.5, 0.6) is 0 Å². The molecule has 4 aliphatic carbocycles. The summed E-state index contributed by atoms with van der Waals surface area (Å²) in [5.74, 6) is 4.42. The molecule has 4 saturated carbocycles. The zero-order valence-corrected chi connectivity index (χ0v) is 18.6. The lowest BCUT2D eigenvalue weighted by Crippen LogP contribution is -2.52. The Bertz CT molecular complexity index is 526. The molecular formula is C25H44O2. The first-order valence-electron chi connectivity index (χ1n) is 12.0. The van der Waals surface area contributed by atoms with Crippen LogP contribution in [0.25, 0.3) is 0 Å². The lowest BCUT2D eigenvalue weighted by molar-refractivity contribution is -0.140. The van der Waals surface area contributed by atoms with Crippen LogP contribution in [0.2, 0.25) is 0 Å². The Morgan fingerprint density at radius 3 is 2.22 bits per heavy atom. The number of hydrogen-bond donors (Lipinski definition) is 1. The van der Waals surface area contributed by atoms with Gasteiger partial charge in [0.25, 0.3) is 0 Å². The minimum atomic E-state index is -0.741. The quantitative estimate of drug-likeness (QED) is 0.554. The lowest BCUT2D eigenvalue weighted by atomic mass is 9.45. The topological polar surface area (TPSA) is 37.3 Å². The van der Waals surface area contributed by atoms with E-state index in [1.807, 2.05) is 0 Å². The molecule has 27 heavy (non-hydrogen) atoms. The van der Waals surface area contributed by atoms with Gasteiger partial charge >= 0.3 is 5.97 Å². The van der Waals surface area contributed by atoms with Crippen LogP contribution in [-0.2, 0) is 4.79 Å². The Labute approximate surface area is 167 Å². The fourth-order valence-electron chi connectivity index (χ4n) is 8.07. The fourth-order valence-corrected chi connectivity index (χ4v) is 8.07. The number of carboxylic acids is 1. The minimum Gasteiger partial charge on any atom is -0.481 e. The van der Waals surface area contributed by atoms with E-state index < -0.39 is 5.97 Å². The van der Waals surface area contributed by atoms with Gasteiger partial charge in [-0.05, 0) is 91.8 Å². The molecule has 0 aromatic heterocycles. The first kappa shape index (κ1) is 21.2. The van der Waals surface area contributed by atoms with Gasteiger partial charge in [-0.25, -0.2) is 0 Å². The van der Waals surface area contributed by atoms with Crippen molar-refractivity contribution in [1.82, 2.24) is 0 Å². The van der Waals surface area contributed by atoms with Gasteiger partial charge in [0.1, 0.15) is 0 Å². The summed E-state index contributed by atoms with van der Waals surface area (Å²) in [6.07, 6.45) is 17.0. The molecular weight excluding hydrogens is 332 g/mol. The third-order valence-electron chi connectivity index (χ3n) is 9.77. The maximum absolute atomic E-state index is 9.70. The number of fused-ring (bicyclic) bond motifs is 5. The SMILES string of the molecule is CC(C)C(=O)O.CC[C@H]1CC[C@H]2[C@@H]3CCC4CCCC[C@]4(C)[C@H]3CC[C@]12C. The smallest absolute Gasteiger partial charge is 0.305 e. The molecule has 1 unspecified atom stereocenters. The third-order valence-corrected chi connectivity index (χ3v) is 9.77. The second-order valence-electron chi connectivity index (χ2n) is 11.1. The molecule has 0 saturated heterocycles. The summed E-state index contributed by atoms with van der Waals surface area (Å²) in [6, 6.07) is 0. The molecule has 0 aromatic carbocycles. The van der Waals surface area contributed by atoms with Gasteiger partial charge < -0.3 is 5.11 Å². The van der Waals surface area contributed by atoms with Crippen molar-refractivity contribution in [3.8, 4) is 0 Å². The molecule has 0 bridgehead atoms. The van der Waals surface area contributed by atoms with Crippen LogP contribution in [0.4, 0.5) is 0 Å². The van der Waals surface area contributed by atoms with E-state index in [0.29, 0.717) is 5.41 Å². The first-order valence-corrected chi connectivity index (χ1v) is 12.0. The second-order valence-corrected chi connectivity index (χ2v) is 11.1. The van der Waals surface area contributed by atoms with Crippen LogP contribution >= 0.6 is 0 Å². The molecule has 4 fully saturated rings. The number of carboxylic acid groups (broad SMARTS) is 1. The molecule has 0 aliphatic heterocycles.